The summed E-state index contributed by atoms with van der Waals surface area (Å²) in [6.45, 7) is 18.8. The van der Waals surface area contributed by atoms with E-state index in [2.05, 4.69) is 72.4 Å². The van der Waals surface area contributed by atoms with Gasteiger partial charge in [-0.1, -0.05) is 63.4 Å². The number of carboxylic acid groups (broad SMARTS) is 1. The van der Waals surface area contributed by atoms with Crippen LogP contribution in [0.15, 0.2) is 158 Å². The lowest BCUT2D eigenvalue weighted by Crippen LogP contribution is -2.27. The zero-order chi connectivity index (χ0) is 81.2. The average molecular weight is 1590 g/mol. The van der Waals surface area contributed by atoms with Crippen LogP contribution in [0.25, 0.3) is 0 Å². The number of carboxylic acids is 1. The smallest absolute Gasteiger partial charge is 0.446 e. The van der Waals surface area contributed by atoms with E-state index >= 15 is 0 Å². The molecule has 0 aliphatic carbocycles. The number of ether oxygens (including phenoxy) is 8. The fourth-order valence-electron chi connectivity index (χ4n) is 8.16. The van der Waals surface area contributed by atoms with Crippen molar-refractivity contribution in [2.24, 2.45) is 0 Å². The first-order valence-corrected chi connectivity index (χ1v) is 33.2. The molecule has 0 atom stereocenters. The van der Waals surface area contributed by atoms with Crippen LogP contribution in [0.4, 0.5) is 116 Å². The van der Waals surface area contributed by atoms with Crippen LogP contribution < -0.4 is 56.7 Å². The number of amides is 3. The van der Waals surface area contributed by atoms with E-state index in [0.717, 1.165) is 31.1 Å². The van der Waals surface area contributed by atoms with Crippen LogP contribution in [-0.2, 0) is 39.9 Å². The van der Waals surface area contributed by atoms with Gasteiger partial charge in [-0.3, -0.25) is 25.5 Å². The standard InChI is InChI=1S/C31H34FN5O5.C24H28FN5O5.C15H16ClFN4O2.C2HF3O.C2H4O2.2CH4/c1-31(2,3)42-30(38)36-23-12-8-11-22(17-23)34-28-25(32)19-33-29(37-28)35-24-13-14-26(40-16-15-39-4)27(18-24)41-20-21-9-6-5-7-10-21;1-24(2,3)35-23(32)29-16-7-5-6-15(12-16)27-21-18(25)14-26-22(30-21)28-17-8-9-20(19(31)13-17)34-11-10-33-4;1-15(2,3)23-14(22)20-10-6-4-5-9(7-10)19-12-11(17)8-18-13(16)21-12;3-2(4,5)1-6;1-2(3)4;;/h5-14,17-19H,15-16,20H2,1-4H3,(H,36,38)(H2,33,34,35,37);5-9,12-14,31H,10-11H2,1-4H3,(H,29,32)(H2,26,27,28,30);4-8H,1-3H3,(H,20,22)(H,18,19,21);1H;1H3,(H,3,4);2*1H4. The van der Waals surface area contributed by atoms with Crippen molar-refractivity contribution in [2.75, 3.05) is 83.2 Å². The molecule has 604 valence electrons. The van der Waals surface area contributed by atoms with Gasteiger partial charge >= 0.3 is 24.5 Å². The molecule has 3 aromatic heterocycles. The lowest BCUT2D eigenvalue weighted by molar-refractivity contribution is -0.156. The highest BCUT2D eigenvalue weighted by Crippen LogP contribution is 2.35. The molecule has 0 radical (unpaired) electrons. The fraction of sp³-hybridized carbons (Fsp3) is 0.303. The van der Waals surface area contributed by atoms with Gasteiger partial charge in [0, 0.05) is 78.8 Å². The average Bonchev–Trinajstić information content (AvgIpc) is 0.805. The molecule has 0 fully saturated rings. The molecule has 3 amide bonds. The number of aromatic hydroxyl groups is 1. The molecule has 9 aromatic rings. The van der Waals surface area contributed by atoms with Crippen molar-refractivity contribution in [3.05, 3.63) is 186 Å². The van der Waals surface area contributed by atoms with Gasteiger partial charge in [0.15, 0.2) is 57.9 Å². The SMILES string of the molecule is C.C.CC(=O)O.CC(C)(C)OC(=O)Nc1cccc(Nc2nc(Cl)ncc2F)c1.COCCOc1ccc(Nc2ncc(F)c(Nc3cccc(NC(=O)OC(C)(C)C)c3)n2)cc1O.COCCOc1ccc(Nc2ncc(F)c(Nc3cccc(NC(=O)OC(C)(C)C)c3)n2)cc1OCc1ccccc1.O=CC(F)(F)F. The Morgan fingerprint density at radius 3 is 1.18 bits per heavy atom. The summed E-state index contributed by atoms with van der Waals surface area (Å²) in [7, 11) is 3.16. The third kappa shape index (κ3) is 37.5. The maximum atomic E-state index is 14.7. The number of anilines is 13. The molecule has 0 saturated heterocycles. The van der Waals surface area contributed by atoms with Crippen LogP contribution in [0.5, 0.6) is 23.0 Å². The molecule has 0 bridgehead atoms. The number of benzene rings is 6. The number of phenolic OH excluding ortho intramolecular Hbond substituents is 1. The summed E-state index contributed by atoms with van der Waals surface area (Å²) in [5.74, 6) is -1.46. The highest BCUT2D eigenvalue weighted by atomic mass is 35.5. The number of aliphatic carboxylic acids is 1. The number of aromatic nitrogens is 6. The van der Waals surface area contributed by atoms with Gasteiger partial charge in [-0.25, -0.2) is 42.5 Å². The Morgan fingerprint density at radius 1 is 0.455 bits per heavy atom. The van der Waals surface area contributed by atoms with E-state index in [4.69, 9.17) is 64.2 Å². The molecule has 0 saturated carbocycles. The second kappa shape index (κ2) is 45.5. The minimum absolute atomic E-state index is 0. The number of aldehydes is 1. The van der Waals surface area contributed by atoms with E-state index in [0.29, 0.717) is 95.8 Å². The largest absolute Gasteiger partial charge is 0.504 e. The minimum atomic E-state index is -4.64. The molecule has 0 spiro atoms. The summed E-state index contributed by atoms with van der Waals surface area (Å²) in [4.78, 5) is 77.4. The van der Waals surface area contributed by atoms with E-state index in [1.807, 2.05) is 30.3 Å². The van der Waals surface area contributed by atoms with Crippen LogP contribution >= 0.6 is 11.6 Å². The van der Waals surface area contributed by atoms with E-state index in [1.54, 1.807) is 180 Å². The van der Waals surface area contributed by atoms with Crippen molar-refractivity contribution >= 4 is 117 Å². The number of hydrogen-bond acceptors (Lipinski definition) is 25. The summed E-state index contributed by atoms with van der Waals surface area (Å²) in [6.07, 6.45) is -4.42. The van der Waals surface area contributed by atoms with Crippen LogP contribution in [0.2, 0.25) is 5.28 Å². The third-order valence-electron chi connectivity index (χ3n) is 12.4. The van der Waals surface area contributed by atoms with E-state index < -0.39 is 71.0 Å². The van der Waals surface area contributed by atoms with Gasteiger partial charge in [0.1, 0.15) is 36.6 Å². The van der Waals surface area contributed by atoms with Crippen molar-refractivity contribution in [1.82, 2.24) is 29.9 Å². The zero-order valence-electron chi connectivity index (χ0n) is 61.7. The number of carbonyl (C=O) groups excluding carboxylic acids is 4. The first-order chi connectivity index (χ1) is 51.8. The predicted molar refractivity (Wildman–Crippen MR) is 415 cm³/mol. The number of halogens is 7. The Bertz CT molecular complexity index is 4480. The fourth-order valence-corrected chi connectivity index (χ4v) is 8.29. The molecule has 0 aliphatic heterocycles. The number of nitrogens with zero attached hydrogens (tertiary/aromatic N) is 6. The summed E-state index contributed by atoms with van der Waals surface area (Å²) in [6, 6.07) is 39.8. The zero-order valence-corrected chi connectivity index (χ0v) is 62.4. The van der Waals surface area contributed by atoms with Crippen LogP contribution in [-0.4, -0.2) is 134 Å². The van der Waals surface area contributed by atoms with Gasteiger partial charge in [-0.15, -0.1) is 0 Å². The molecule has 36 heteroatoms. The molecule has 6 aromatic carbocycles. The summed E-state index contributed by atoms with van der Waals surface area (Å²) in [5, 5.41) is 40.0. The van der Waals surface area contributed by atoms with Crippen LogP contribution in [0, 0.1) is 17.5 Å². The van der Waals surface area contributed by atoms with Crippen molar-refractivity contribution in [1.29, 1.82) is 0 Å². The van der Waals surface area contributed by atoms with Gasteiger partial charge in [-0.05, 0) is 158 Å². The quantitative estimate of drug-likeness (QED) is 0.00883. The summed E-state index contributed by atoms with van der Waals surface area (Å²) >= 11 is 5.64. The molecular formula is C76H91ClF6N14O15. The van der Waals surface area contributed by atoms with Gasteiger partial charge in [-0.2, -0.15) is 28.1 Å². The van der Waals surface area contributed by atoms with Crippen molar-refractivity contribution in [3.63, 3.8) is 0 Å². The predicted octanol–water partition coefficient (Wildman–Crippen LogP) is 18.7. The Balaban J connectivity index is 0.000000418. The second-order valence-electron chi connectivity index (χ2n) is 25.3. The lowest BCUT2D eigenvalue weighted by atomic mass is 10.2. The Kier molecular flexibility index (Phi) is 38.0. The molecule has 3 heterocycles. The number of hydrogen-bond donors (Lipinski definition) is 10. The van der Waals surface area contributed by atoms with Crippen LogP contribution in [0.3, 0.4) is 0 Å². The highest BCUT2D eigenvalue weighted by Gasteiger charge is 2.25. The van der Waals surface area contributed by atoms with Crippen molar-refractivity contribution < 1.29 is 98.4 Å². The number of rotatable bonds is 24. The van der Waals surface area contributed by atoms with Gasteiger partial charge in [0.05, 0.1) is 31.8 Å². The molecule has 0 aliphatic rings. The first kappa shape index (κ1) is 93.7. The van der Waals surface area contributed by atoms with E-state index in [1.165, 1.54) is 6.07 Å². The monoisotopic (exact) mass is 1590 g/mol. The van der Waals surface area contributed by atoms with Crippen molar-refractivity contribution in [2.45, 2.75) is 114 Å². The van der Waals surface area contributed by atoms with Crippen LogP contribution in [0.1, 0.15) is 89.7 Å². The first-order valence-electron chi connectivity index (χ1n) is 32.8. The topological polar surface area (TPSA) is 373 Å². The molecule has 112 heavy (non-hydrogen) atoms. The molecular weight excluding hydrogens is 1500 g/mol. The van der Waals surface area contributed by atoms with E-state index in [9.17, 15) is 45.8 Å². The Morgan fingerprint density at radius 2 is 0.804 bits per heavy atom. The molecule has 0 unspecified atom stereocenters. The van der Waals surface area contributed by atoms with Gasteiger partial charge < -0.3 is 74.7 Å². The normalized spacial score (nSPS) is 10.6. The van der Waals surface area contributed by atoms with Gasteiger partial charge in [0.2, 0.25) is 23.5 Å². The summed E-state index contributed by atoms with van der Waals surface area (Å²) < 4.78 is 117. The maximum Gasteiger partial charge on any atom is 0.446 e. The molecule has 10 N–H and O–H groups in total. The lowest BCUT2D eigenvalue weighted by Gasteiger charge is -2.20. The number of nitrogens with one attached hydrogen (secondary N) is 8. The number of phenols is 1. The van der Waals surface area contributed by atoms with E-state index in [-0.39, 0.29) is 55.2 Å². The third-order valence-corrected chi connectivity index (χ3v) is 12.6. The minimum Gasteiger partial charge on any atom is -0.504 e. The highest BCUT2D eigenvalue weighted by molar-refractivity contribution is 6.28. The van der Waals surface area contributed by atoms with Crippen molar-refractivity contribution in [3.8, 4) is 23.0 Å². The number of methoxy groups -OCH3 is 2. The number of alkyl halides is 3. The second-order valence-corrected chi connectivity index (χ2v) is 25.7. The number of carbonyl (C=O) groups is 5. The Hall–Kier alpha value is -12.5. The Labute approximate surface area is 648 Å². The van der Waals surface area contributed by atoms with Gasteiger partial charge in [0.25, 0.3) is 5.97 Å². The molecule has 9 rings (SSSR count). The summed E-state index contributed by atoms with van der Waals surface area (Å²) in [5.41, 5.74) is 3.14. The maximum absolute atomic E-state index is 14.7. The molecule has 29 nitrogen and oxygen atoms in total.